The van der Waals surface area contributed by atoms with E-state index in [1.54, 1.807) is 12.1 Å². The molecule has 1 heterocycles. The first-order valence-corrected chi connectivity index (χ1v) is 17.9. The van der Waals surface area contributed by atoms with E-state index < -0.39 is 28.1 Å². The van der Waals surface area contributed by atoms with Crippen LogP contribution in [0, 0.1) is 0 Å². The maximum absolute atomic E-state index is 12.0. The number of benzene rings is 2. The first kappa shape index (κ1) is 33.6. The van der Waals surface area contributed by atoms with Crippen molar-refractivity contribution in [3.8, 4) is 0 Å². The number of nitrogens with zero attached hydrogens (tertiary/aromatic N) is 1. The highest BCUT2D eigenvalue weighted by atomic mass is 32.2. The van der Waals surface area contributed by atoms with Gasteiger partial charge in [0, 0.05) is 24.3 Å². The van der Waals surface area contributed by atoms with Crippen molar-refractivity contribution in [2.24, 2.45) is 5.14 Å². The number of carbonyl (C=O) groups is 2. The predicted molar refractivity (Wildman–Crippen MR) is 171 cm³/mol. The lowest BCUT2D eigenvalue weighted by Crippen LogP contribution is -2.19. The van der Waals surface area contributed by atoms with Crippen LogP contribution in [-0.4, -0.2) is 43.9 Å². The molecule has 0 fully saturated rings. The first-order valence-electron chi connectivity index (χ1n) is 14.7. The molecule has 0 saturated carbocycles. The van der Waals surface area contributed by atoms with Crippen LogP contribution in [0.15, 0.2) is 82.5 Å². The lowest BCUT2D eigenvalue weighted by atomic mass is 10.1. The summed E-state index contributed by atoms with van der Waals surface area (Å²) < 4.78 is 28.1. The Labute approximate surface area is 253 Å². The number of aliphatic hydroxyl groups excluding tert-OH is 1. The molecule has 1 aliphatic rings. The third kappa shape index (κ3) is 12.5. The quantitative estimate of drug-likeness (QED) is 0.0738. The van der Waals surface area contributed by atoms with Crippen molar-refractivity contribution in [1.29, 1.82) is 0 Å². The maximum Gasteiger partial charge on any atom is 0.316 e. The van der Waals surface area contributed by atoms with Crippen molar-refractivity contribution >= 4 is 44.2 Å². The van der Waals surface area contributed by atoms with Crippen LogP contribution >= 0.6 is 10.9 Å². The van der Waals surface area contributed by atoms with E-state index >= 15 is 0 Å². The first-order chi connectivity index (χ1) is 20.2. The zero-order valence-corrected chi connectivity index (χ0v) is 25.9. The van der Waals surface area contributed by atoms with Crippen LogP contribution in [0.1, 0.15) is 70.6 Å². The van der Waals surface area contributed by atoms with Gasteiger partial charge in [-0.25, -0.2) is 24.5 Å². The fourth-order valence-electron chi connectivity index (χ4n) is 4.76. The molecule has 1 atom stereocenters. The van der Waals surface area contributed by atoms with E-state index in [-0.39, 0.29) is 28.6 Å². The summed E-state index contributed by atoms with van der Waals surface area (Å²) in [5.74, 6) is -0.332. The minimum atomic E-state index is -3.73. The SMILES string of the molecule is NS(=O)(=O)c1ccc(N(CCCCCCCCCCC(=O)OC(=O)CC(O)CC[SH]2C=CC=C2)c2ccccc2)cc1. The van der Waals surface area contributed by atoms with Gasteiger partial charge in [-0.2, -0.15) is 0 Å². The average molecular weight is 617 g/mol. The molecule has 1 unspecified atom stereocenters. The zero-order chi connectivity index (χ0) is 30.2. The van der Waals surface area contributed by atoms with Crippen LogP contribution < -0.4 is 10.0 Å². The number of aliphatic hydroxyl groups is 1. The van der Waals surface area contributed by atoms with E-state index in [4.69, 9.17) is 9.88 Å². The topological polar surface area (TPSA) is 127 Å². The molecule has 0 bridgehead atoms. The predicted octanol–water partition coefficient (Wildman–Crippen LogP) is 6.24. The van der Waals surface area contributed by atoms with E-state index in [9.17, 15) is 23.1 Å². The Balaban J connectivity index is 1.24. The van der Waals surface area contributed by atoms with E-state index in [0.29, 0.717) is 12.8 Å². The number of hydrogen-bond donors (Lipinski definition) is 3. The molecule has 2 aromatic rings. The lowest BCUT2D eigenvalue weighted by molar-refractivity contribution is -0.160. The van der Waals surface area contributed by atoms with Crippen LogP contribution in [-0.2, 0) is 24.3 Å². The smallest absolute Gasteiger partial charge is 0.316 e. The zero-order valence-electron chi connectivity index (χ0n) is 24.1. The largest absolute Gasteiger partial charge is 0.393 e. The highest BCUT2D eigenvalue weighted by Crippen LogP contribution is 2.33. The van der Waals surface area contributed by atoms with Gasteiger partial charge >= 0.3 is 11.9 Å². The number of esters is 2. The molecule has 42 heavy (non-hydrogen) atoms. The van der Waals surface area contributed by atoms with Gasteiger partial charge in [-0.05, 0) is 72.2 Å². The molecule has 0 radical (unpaired) electrons. The molecule has 0 saturated heterocycles. The third-order valence-electron chi connectivity index (χ3n) is 7.07. The number of sulfonamides is 1. The van der Waals surface area contributed by atoms with Gasteiger partial charge in [-0.15, -0.1) is 0 Å². The Morgan fingerprint density at radius 2 is 1.38 bits per heavy atom. The summed E-state index contributed by atoms with van der Waals surface area (Å²) in [4.78, 5) is 26.2. The molecule has 3 N–H and O–H groups in total. The van der Waals surface area contributed by atoms with E-state index in [1.165, 1.54) is 12.1 Å². The van der Waals surface area contributed by atoms with Crippen LogP contribution in [0.2, 0.25) is 0 Å². The summed E-state index contributed by atoms with van der Waals surface area (Å²) in [5.41, 5.74) is 1.97. The summed E-state index contributed by atoms with van der Waals surface area (Å²) in [6, 6.07) is 16.7. The molecule has 0 spiro atoms. The summed E-state index contributed by atoms with van der Waals surface area (Å²) in [6.07, 6.45) is 11.8. The Bertz CT molecular complexity index is 1270. The fraction of sp³-hybridized carbons (Fsp3) is 0.438. The molecular weight excluding hydrogens is 572 g/mol. The van der Waals surface area contributed by atoms with E-state index in [0.717, 1.165) is 68.6 Å². The fourth-order valence-corrected chi connectivity index (χ4v) is 6.91. The van der Waals surface area contributed by atoms with Gasteiger partial charge in [-0.1, -0.05) is 68.9 Å². The van der Waals surface area contributed by atoms with Crippen LogP contribution in [0.3, 0.4) is 0 Å². The van der Waals surface area contributed by atoms with Gasteiger partial charge in [0.2, 0.25) is 10.0 Å². The molecule has 230 valence electrons. The van der Waals surface area contributed by atoms with Crippen LogP contribution in [0.4, 0.5) is 11.4 Å². The van der Waals surface area contributed by atoms with Crippen molar-refractivity contribution in [2.45, 2.75) is 81.6 Å². The van der Waals surface area contributed by atoms with Gasteiger partial charge < -0.3 is 14.7 Å². The second-order valence-electron chi connectivity index (χ2n) is 10.5. The highest BCUT2D eigenvalue weighted by molar-refractivity contribution is 8.22. The monoisotopic (exact) mass is 616 g/mol. The lowest BCUT2D eigenvalue weighted by Gasteiger charge is -2.25. The highest BCUT2D eigenvalue weighted by Gasteiger charge is 2.16. The minimum Gasteiger partial charge on any atom is -0.393 e. The number of nitrogens with two attached hydrogens (primary N) is 1. The van der Waals surface area contributed by atoms with E-state index in [2.05, 4.69) is 15.7 Å². The normalized spacial score (nSPS) is 14.2. The van der Waals surface area contributed by atoms with Crippen LogP contribution in [0.25, 0.3) is 0 Å². The van der Waals surface area contributed by atoms with Crippen molar-refractivity contribution < 1.29 is 27.9 Å². The molecule has 10 heteroatoms. The Kier molecular flexibility index (Phi) is 14.3. The molecule has 3 rings (SSSR count). The van der Waals surface area contributed by atoms with Crippen molar-refractivity contribution in [1.82, 2.24) is 0 Å². The van der Waals surface area contributed by atoms with Gasteiger partial charge in [0.1, 0.15) is 0 Å². The molecular formula is C32H44N2O6S2. The average Bonchev–Trinajstić information content (AvgIpc) is 3.49. The number of carbonyl (C=O) groups excluding carboxylic acids is 2. The van der Waals surface area contributed by atoms with Gasteiger partial charge in [-0.3, -0.25) is 9.59 Å². The molecule has 2 aromatic carbocycles. The number of hydrogen-bond acceptors (Lipinski definition) is 7. The molecule has 8 nitrogen and oxygen atoms in total. The number of para-hydroxylation sites is 1. The standard InChI is InChI=1S/C32H44N2O6S2/c33-42(38,39)30-19-17-28(18-20-30)34(27-14-8-7-9-15-27)22-11-6-4-2-1-3-5-10-16-31(36)40-32(37)26-29(35)21-25-41-23-12-13-24-41/h7-9,12-15,17-20,23-24,29,35,41H,1-6,10-11,16,21-22,25-26H2,(H2,33,38,39). The number of ether oxygens (including phenoxy) is 1. The van der Waals surface area contributed by atoms with Crippen LogP contribution in [0.5, 0.6) is 0 Å². The number of allylic oxidation sites excluding steroid dienone is 2. The summed E-state index contributed by atoms with van der Waals surface area (Å²) >= 11 is 0. The van der Waals surface area contributed by atoms with Crippen molar-refractivity contribution in [3.05, 3.63) is 77.6 Å². The van der Waals surface area contributed by atoms with E-state index in [1.807, 2.05) is 42.5 Å². The Morgan fingerprint density at radius 3 is 2.00 bits per heavy atom. The minimum absolute atomic E-state index is 0.0985. The van der Waals surface area contributed by atoms with Gasteiger partial charge in [0.25, 0.3) is 0 Å². The molecule has 0 aliphatic carbocycles. The van der Waals surface area contributed by atoms with Crippen molar-refractivity contribution in [2.75, 3.05) is 17.2 Å². The number of thiol groups is 1. The Morgan fingerprint density at radius 1 is 0.810 bits per heavy atom. The van der Waals surface area contributed by atoms with Gasteiger partial charge in [0.15, 0.2) is 0 Å². The molecule has 0 amide bonds. The third-order valence-corrected chi connectivity index (χ3v) is 9.89. The maximum atomic E-state index is 12.0. The number of unbranched alkanes of at least 4 members (excludes halogenated alkanes) is 7. The second kappa shape index (κ2) is 17.9. The number of primary sulfonamides is 1. The summed E-state index contributed by atoms with van der Waals surface area (Å²) in [5, 5.41) is 19.5. The molecule has 1 aliphatic heterocycles. The second-order valence-corrected chi connectivity index (χ2v) is 14.2. The Hall–Kier alpha value is -2.92. The number of rotatable bonds is 19. The summed E-state index contributed by atoms with van der Waals surface area (Å²) in [7, 11) is -4.05. The summed E-state index contributed by atoms with van der Waals surface area (Å²) in [6.45, 7) is 0.812. The van der Waals surface area contributed by atoms with Gasteiger partial charge in [0.05, 0.1) is 17.4 Å². The number of anilines is 2. The van der Waals surface area contributed by atoms with Crippen molar-refractivity contribution in [3.63, 3.8) is 0 Å². The molecule has 0 aromatic heterocycles.